The molecule has 5 N–H and O–H groups in total. The molecule has 0 amide bonds. The Morgan fingerprint density at radius 3 is 2.44 bits per heavy atom. The van der Waals surface area contributed by atoms with E-state index in [0.29, 0.717) is 11.0 Å². The number of nitrogens with zero attached hydrogens (tertiary/aromatic N) is 2. The van der Waals surface area contributed by atoms with Crippen LogP contribution in [0.2, 0.25) is 0 Å². The molecule has 0 aliphatic carbocycles. The Kier molecular flexibility index (Phi) is 6.69. The lowest BCUT2D eigenvalue weighted by Crippen LogP contribution is -2.27. The first-order valence-corrected chi connectivity index (χ1v) is 12.1. The Bertz CT molecular complexity index is 1610. The summed E-state index contributed by atoms with van der Waals surface area (Å²) in [5.74, 6) is -2.47. The highest BCUT2D eigenvalue weighted by Crippen LogP contribution is 2.29. The monoisotopic (exact) mass is 508 g/mol. The van der Waals surface area contributed by atoms with Crippen LogP contribution in [-0.4, -0.2) is 46.3 Å². The second-order valence-corrected chi connectivity index (χ2v) is 9.46. The Morgan fingerprint density at radius 2 is 1.75 bits per heavy atom. The third-order valence-corrected chi connectivity index (χ3v) is 6.54. The van der Waals surface area contributed by atoms with E-state index in [-0.39, 0.29) is 27.4 Å². The van der Waals surface area contributed by atoms with Gasteiger partial charge in [0.05, 0.1) is 15.9 Å². The molecule has 4 rings (SSSR count). The maximum absolute atomic E-state index is 13.9. The molecular weight excluding hydrogens is 487 g/mol. The number of carbonyl (C=O) groups excluding carboxylic acids is 1. The van der Waals surface area contributed by atoms with Crippen LogP contribution in [0.3, 0.4) is 0 Å². The number of H-pyrrole nitrogens is 1. The smallest absolute Gasteiger partial charge is 0.284 e. The first-order chi connectivity index (χ1) is 17.1. The summed E-state index contributed by atoms with van der Waals surface area (Å²) in [5.41, 5.74) is 6.21. The van der Waals surface area contributed by atoms with Gasteiger partial charge in [-0.2, -0.15) is 8.42 Å². The molecular formula is C25H21FN4O5S. The van der Waals surface area contributed by atoms with Gasteiger partial charge >= 0.3 is 0 Å². The van der Waals surface area contributed by atoms with E-state index in [9.17, 15) is 27.8 Å². The molecule has 1 atom stereocenters. The van der Waals surface area contributed by atoms with Gasteiger partial charge in [-0.3, -0.25) is 4.79 Å². The number of imidazole rings is 1. The van der Waals surface area contributed by atoms with E-state index in [2.05, 4.69) is 14.4 Å². The van der Waals surface area contributed by atoms with Crippen molar-refractivity contribution < 1.29 is 27.8 Å². The number of halogens is 1. The van der Waals surface area contributed by atoms with Crippen molar-refractivity contribution in [2.45, 2.75) is 17.9 Å². The highest BCUT2D eigenvalue weighted by atomic mass is 32.2. The molecule has 9 nitrogen and oxygen atoms in total. The van der Waals surface area contributed by atoms with Crippen LogP contribution in [0, 0.1) is 5.82 Å². The zero-order valence-corrected chi connectivity index (χ0v) is 19.7. The van der Waals surface area contributed by atoms with Crippen LogP contribution < -0.4 is 5.73 Å². The molecule has 0 unspecified atom stereocenters. The number of para-hydroxylation sites is 2. The molecule has 184 valence electrons. The van der Waals surface area contributed by atoms with E-state index in [0.717, 1.165) is 12.1 Å². The third-order valence-electron chi connectivity index (χ3n) is 5.24. The number of aliphatic hydroxyl groups excluding tert-OH is 2. The number of benzene rings is 3. The van der Waals surface area contributed by atoms with E-state index >= 15 is 0 Å². The second-order valence-electron chi connectivity index (χ2n) is 7.86. The lowest BCUT2D eigenvalue weighted by atomic mass is 9.98. The van der Waals surface area contributed by atoms with Crippen LogP contribution >= 0.6 is 0 Å². The molecule has 11 heteroatoms. The van der Waals surface area contributed by atoms with Crippen molar-refractivity contribution in [1.82, 2.24) is 9.97 Å². The minimum atomic E-state index is -4.35. The summed E-state index contributed by atoms with van der Waals surface area (Å²) in [6, 6.07) is 16.9. The molecule has 0 bridgehead atoms. The number of sulfonamides is 1. The molecule has 1 heterocycles. The van der Waals surface area contributed by atoms with E-state index in [1.807, 2.05) is 0 Å². The van der Waals surface area contributed by atoms with Crippen LogP contribution in [0.15, 0.2) is 82.1 Å². The topological polar surface area (TPSA) is 159 Å². The minimum Gasteiger partial charge on any atom is -0.506 e. The molecule has 0 saturated carbocycles. The van der Waals surface area contributed by atoms with Crippen LogP contribution in [0.1, 0.15) is 28.7 Å². The minimum absolute atomic E-state index is 0.00703. The van der Waals surface area contributed by atoms with E-state index in [4.69, 9.17) is 5.73 Å². The molecule has 1 aromatic heterocycles. The summed E-state index contributed by atoms with van der Waals surface area (Å²) < 4.78 is 42.6. The SMILES string of the molecule is C[C@@H](O)C(N)=NS(=O)(=O)c1cccc(C(=O)C(=C(O)c2cccc(F)c2)c2nc3ccccc3[nH]2)c1. The number of fused-ring (bicyclic) bond motifs is 1. The number of rotatable bonds is 7. The van der Waals surface area contributed by atoms with Gasteiger partial charge in [0, 0.05) is 11.1 Å². The number of hydrogen-bond acceptors (Lipinski definition) is 6. The molecule has 0 radical (unpaired) electrons. The molecule has 0 saturated heterocycles. The summed E-state index contributed by atoms with van der Waals surface area (Å²) in [7, 11) is -4.35. The molecule has 0 aliphatic heterocycles. The molecule has 0 aliphatic rings. The zero-order chi connectivity index (χ0) is 26.0. The highest BCUT2D eigenvalue weighted by Gasteiger charge is 2.25. The van der Waals surface area contributed by atoms with Crippen LogP contribution in [0.5, 0.6) is 0 Å². The lowest BCUT2D eigenvalue weighted by Gasteiger charge is -2.10. The van der Waals surface area contributed by atoms with Crippen LogP contribution in [0.4, 0.5) is 4.39 Å². The van der Waals surface area contributed by atoms with Crippen molar-refractivity contribution in [3.8, 4) is 0 Å². The fourth-order valence-electron chi connectivity index (χ4n) is 3.39. The average Bonchev–Trinajstić information content (AvgIpc) is 3.27. The maximum Gasteiger partial charge on any atom is 0.284 e. The normalized spacial score (nSPS) is 13.9. The van der Waals surface area contributed by atoms with Crippen molar-refractivity contribution in [3.63, 3.8) is 0 Å². The number of hydrogen-bond donors (Lipinski definition) is 4. The predicted octanol–water partition coefficient (Wildman–Crippen LogP) is 3.44. The molecule has 4 aromatic rings. The van der Waals surface area contributed by atoms with Crippen molar-refractivity contribution in [2.75, 3.05) is 0 Å². The first kappa shape index (κ1) is 24.8. The number of carbonyl (C=O) groups is 1. The largest absolute Gasteiger partial charge is 0.506 e. The van der Waals surface area contributed by atoms with Gasteiger partial charge in [-0.05, 0) is 43.3 Å². The van der Waals surface area contributed by atoms with Gasteiger partial charge in [-0.15, -0.1) is 4.40 Å². The second kappa shape index (κ2) is 9.72. The van der Waals surface area contributed by atoms with E-state index in [1.54, 1.807) is 24.3 Å². The van der Waals surface area contributed by atoms with Gasteiger partial charge in [-0.1, -0.05) is 36.4 Å². The van der Waals surface area contributed by atoms with Gasteiger partial charge in [0.2, 0.25) is 5.78 Å². The Balaban J connectivity index is 1.88. The van der Waals surface area contributed by atoms with Crippen molar-refractivity contribution in [1.29, 1.82) is 0 Å². The number of nitrogens with two attached hydrogens (primary N) is 1. The molecule has 0 fully saturated rings. The fourth-order valence-corrected chi connectivity index (χ4v) is 4.45. The summed E-state index contributed by atoms with van der Waals surface area (Å²) in [6.45, 7) is 1.26. The highest BCUT2D eigenvalue weighted by molar-refractivity contribution is 7.90. The number of aromatic nitrogens is 2. The number of allylic oxidation sites excluding steroid dienone is 1. The number of amidine groups is 1. The Morgan fingerprint density at radius 1 is 1.06 bits per heavy atom. The molecule has 36 heavy (non-hydrogen) atoms. The summed E-state index contributed by atoms with van der Waals surface area (Å²) in [6.07, 6.45) is -1.30. The Hall–Kier alpha value is -4.35. The number of aliphatic hydroxyl groups is 2. The quantitative estimate of drug-likeness (QED) is 0.0978. The maximum atomic E-state index is 13.9. The summed E-state index contributed by atoms with van der Waals surface area (Å²) in [4.78, 5) is 20.7. The van der Waals surface area contributed by atoms with Gasteiger partial charge < -0.3 is 20.9 Å². The number of aromatic amines is 1. The number of nitrogens with one attached hydrogen (secondary N) is 1. The first-order valence-electron chi connectivity index (χ1n) is 10.6. The zero-order valence-electron chi connectivity index (χ0n) is 18.9. The van der Waals surface area contributed by atoms with Crippen molar-refractivity contribution >= 4 is 44.0 Å². The predicted molar refractivity (Wildman–Crippen MR) is 133 cm³/mol. The summed E-state index contributed by atoms with van der Waals surface area (Å²) >= 11 is 0. The van der Waals surface area contributed by atoms with Crippen LogP contribution in [-0.2, 0) is 10.0 Å². The summed E-state index contributed by atoms with van der Waals surface area (Å²) in [5, 5.41) is 20.5. The molecule has 0 spiro atoms. The van der Waals surface area contributed by atoms with Gasteiger partial charge in [-0.25, -0.2) is 9.37 Å². The van der Waals surface area contributed by atoms with Gasteiger partial charge in [0.25, 0.3) is 10.0 Å². The third kappa shape index (κ3) is 5.02. The van der Waals surface area contributed by atoms with Crippen molar-refractivity contribution in [2.24, 2.45) is 10.1 Å². The number of ketones is 1. The lowest BCUT2D eigenvalue weighted by molar-refractivity contribution is 0.105. The Labute approximate surface area is 205 Å². The molecule has 3 aromatic carbocycles. The van der Waals surface area contributed by atoms with Crippen LogP contribution in [0.25, 0.3) is 22.4 Å². The standard InChI is InChI=1S/C25H21FN4O5S/c1-14(31)24(27)30-36(34,35)18-9-5-7-16(13-18)23(33)21(22(32)15-6-4-8-17(26)12-15)25-28-19-10-2-3-11-20(19)29-25/h2-14,31-32H,1H3,(H2,27,30)(H,28,29)/t14-/m1/s1. The van der Waals surface area contributed by atoms with Gasteiger partial charge in [0.1, 0.15) is 34.9 Å². The number of Topliss-reactive ketones (excluding diaryl/α,β-unsaturated/α-hetero) is 1. The van der Waals surface area contributed by atoms with E-state index < -0.39 is 39.3 Å². The van der Waals surface area contributed by atoms with E-state index in [1.165, 1.54) is 43.3 Å². The van der Waals surface area contributed by atoms with Gasteiger partial charge in [0.15, 0.2) is 0 Å². The average molecular weight is 509 g/mol. The fraction of sp³-hybridized carbons (Fsp3) is 0.0800. The van der Waals surface area contributed by atoms with Crippen molar-refractivity contribution in [3.05, 3.63) is 95.6 Å².